The average molecular weight is 225 g/mol. The van der Waals surface area contributed by atoms with Gasteiger partial charge in [0.2, 0.25) is 0 Å². The summed E-state index contributed by atoms with van der Waals surface area (Å²) in [7, 11) is 0. The molecule has 0 aliphatic carbocycles. The van der Waals surface area contributed by atoms with Crippen molar-refractivity contribution >= 4 is 0 Å². The van der Waals surface area contributed by atoms with E-state index in [1.807, 2.05) is 0 Å². The molecular weight excluding hydrogens is 209 g/mol. The first kappa shape index (κ1) is 12.8. The Morgan fingerprint density at radius 2 is 2.00 bits per heavy atom. The Bertz CT molecular complexity index is 112. The maximum absolute atomic E-state index is 2.22. The molecule has 0 fully saturated rings. The van der Waals surface area contributed by atoms with Crippen LogP contribution in [-0.4, -0.2) is 0 Å². The van der Waals surface area contributed by atoms with Crippen molar-refractivity contribution in [3.05, 3.63) is 23.8 Å². The zero-order valence-electron chi connectivity index (χ0n) is 7.00. The second-order valence-corrected chi connectivity index (χ2v) is 2.22. The van der Waals surface area contributed by atoms with Gasteiger partial charge in [0.1, 0.15) is 0 Å². The molecule has 0 aromatic rings. The Hall–Kier alpha value is 0.103. The van der Waals surface area contributed by atoms with Crippen molar-refractivity contribution in [3.8, 4) is 0 Å². The van der Waals surface area contributed by atoms with Gasteiger partial charge in [0.05, 0.1) is 0 Å². The van der Waals surface area contributed by atoms with E-state index in [4.69, 9.17) is 0 Å². The minimum absolute atomic E-state index is 0. The van der Waals surface area contributed by atoms with Crippen molar-refractivity contribution in [1.29, 1.82) is 0 Å². The second-order valence-electron chi connectivity index (χ2n) is 2.22. The van der Waals surface area contributed by atoms with Gasteiger partial charge in [-0.15, -0.1) is 0 Å². The Morgan fingerprint density at radius 3 is 2.40 bits per heavy atom. The van der Waals surface area contributed by atoms with Crippen molar-refractivity contribution in [3.63, 3.8) is 0 Å². The van der Waals surface area contributed by atoms with E-state index in [1.165, 1.54) is 18.4 Å². The molecule has 0 radical (unpaired) electrons. The molecule has 0 N–H and O–H groups in total. The van der Waals surface area contributed by atoms with Crippen molar-refractivity contribution in [2.24, 2.45) is 0 Å². The molecule has 0 heterocycles. The van der Waals surface area contributed by atoms with Gasteiger partial charge in [-0.05, 0) is 20.3 Å². The Balaban J connectivity index is 0. The summed E-state index contributed by atoms with van der Waals surface area (Å²) in [6.07, 6.45) is 8.95. The smallest absolute Gasteiger partial charge is 0 e. The fourth-order valence-electron chi connectivity index (χ4n) is 0.532. The molecule has 0 unspecified atom stereocenters. The summed E-state index contributed by atoms with van der Waals surface area (Å²) in [4.78, 5) is 0. The van der Waals surface area contributed by atoms with Crippen molar-refractivity contribution in [2.75, 3.05) is 0 Å². The molecule has 60 valence electrons. The average Bonchev–Trinajstić information content (AvgIpc) is 1.89. The Kier molecular flexibility index (Phi) is 11.6. The number of hydrogen-bond donors (Lipinski definition) is 0. The quantitative estimate of drug-likeness (QED) is 0.510. The molecule has 0 atom stereocenters. The van der Waals surface area contributed by atoms with E-state index in [2.05, 4.69) is 39.0 Å². The van der Waals surface area contributed by atoms with Crippen LogP contribution in [0.5, 0.6) is 0 Å². The van der Waals surface area contributed by atoms with Crippen LogP contribution in [-0.2, 0) is 19.5 Å². The van der Waals surface area contributed by atoms with Crippen LogP contribution in [0.4, 0.5) is 0 Å². The third-order valence-electron chi connectivity index (χ3n) is 1.29. The molecule has 0 aliphatic rings. The summed E-state index contributed by atoms with van der Waals surface area (Å²) in [5.74, 6) is 0. The summed E-state index contributed by atoms with van der Waals surface area (Å²) in [6, 6.07) is 0. The molecule has 0 aliphatic heterocycles. The van der Waals surface area contributed by atoms with Crippen LogP contribution in [0, 0.1) is 0 Å². The summed E-state index contributed by atoms with van der Waals surface area (Å²) in [6.45, 7) is 6.37. The first-order chi connectivity index (χ1) is 4.31. The Morgan fingerprint density at radius 1 is 1.40 bits per heavy atom. The molecular formula is C9H16Ru. The van der Waals surface area contributed by atoms with E-state index in [-0.39, 0.29) is 19.5 Å². The number of allylic oxidation sites excluding steroid dienone is 4. The molecule has 0 amide bonds. The van der Waals surface area contributed by atoms with Crippen LogP contribution in [0.2, 0.25) is 0 Å². The minimum atomic E-state index is 0. The van der Waals surface area contributed by atoms with Gasteiger partial charge in [0.25, 0.3) is 0 Å². The van der Waals surface area contributed by atoms with E-state index in [1.54, 1.807) is 0 Å². The summed E-state index contributed by atoms with van der Waals surface area (Å²) in [5, 5.41) is 0. The SMILES string of the molecule is CC=C(C)C=CCCC.[Ru]. The second kappa shape index (κ2) is 9.10. The first-order valence-electron chi connectivity index (χ1n) is 3.60. The maximum atomic E-state index is 2.22. The van der Waals surface area contributed by atoms with Crippen molar-refractivity contribution in [2.45, 2.75) is 33.6 Å². The molecule has 0 spiro atoms. The van der Waals surface area contributed by atoms with Gasteiger partial charge >= 0.3 is 0 Å². The molecule has 0 aromatic heterocycles. The first-order valence-corrected chi connectivity index (χ1v) is 3.60. The third-order valence-corrected chi connectivity index (χ3v) is 1.29. The zero-order valence-corrected chi connectivity index (χ0v) is 8.74. The zero-order chi connectivity index (χ0) is 7.11. The topological polar surface area (TPSA) is 0 Å². The molecule has 0 saturated heterocycles. The molecule has 0 rings (SSSR count). The monoisotopic (exact) mass is 226 g/mol. The molecule has 0 bridgehead atoms. The number of unbranched alkanes of at least 4 members (excludes halogenated alkanes) is 1. The van der Waals surface area contributed by atoms with E-state index in [9.17, 15) is 0 Å². The van der Waals surface area contributed by atoms with Crippen LogP contribution in [0.25, 0.3) is 0 Å². The molecule has 0 nitrogen and oxygen atoms in total. The van der Waals surface area contributed by atoms with E-state index in [0.717, 1.165) is 0 Å². The number of rotatable bonds is 3. The third kappa shape index (κ3) is 8.10. The molecule has 10 heavy (non-hydrogen) atoms. The van der Waals surface area contributed by atoms with Gasteiger partial charge in [-0.2, -0.15) is 0 Å². The predicted octanol–water partition coefficient (Wildman–Crippen LogP) is 3.31. The fraction of sp³-hybridized carbons (Fsp3) is 0.556. The number of hydrogen-bond acceptors (Lipinski definition) is 0. The van der Waals surface area contributed by atoms with Crippen molar-refractivity contribution < 1.29 is 19.5 Å². The molecule has 1 heteroatoms. The van der Waals surface area contributed by atoms with Crippen LogP contribution in [0.3, 0.4) is 0 Å². The van der Waals surface area contributed by atoms with Gasteiger partial charge in [-0.1, -0.05) is 37.1 Å². The fourth-order valence-corrected chi connectivity index (χ4v) is 0.532. The largest absolute Gasteiger partial charge is 0.0847 e. The summed E-state index contributed by atoms with van der Waals surface area (Å²) < 4.78 is 0. The normalized spacial score (nSPS) is 11.7. The standard InChI is InChI=1S/C9H16.Ru/c1-4-6-7-8-9(3)5-2;/h5,7-8H,4,6H2,1-3H3;. The van der Waals surface area contributed by atoms with Gasteiger partial charge in [-0.3, -0.25) is 0 Å². The van der Waals surface area contributed by atoms with E-state index < -0.39 is 0 Å². The van der Waals surface area contributed by atoms with Crippen LogP contribution >= 0.6 is 0 Å². The van der Waals surface area contributed by atoms with E-state index in [0.29, 0.717) is 0 Å². The summed E-state index contributed by atoms with van der Waals surface area (Å²) >= 11 is 0. The Labute approximate surface area is 77.2 Å². The maximum Gasteiger partial charge on any atom is 0 e. The van der Waals surface area contributed by atoms with Crippen LogP contribution < -0.4 is 0 Å². The molecule has 0 saturated carbocycles. The van der Waals surface area contributed by atoms with E-state index >= 15 is 0 Å². The summed E-state index contributed by atoms with van der Waals surface area (Å²) in [5.41, 5.74) is 1.35. The van der Waals surface area contributed by atoms with Gasteiger partial charge in [0, 0.05) is 19.5 Å². The van der Waals surface area contributed by atoms with Gasteiger partial charge in [0.15, 0.2) is 0 Å². The minimum Gasteiger partial charge on any atom is -0.0847 e. The predicted molar refractivity (Wildman–Crippen MR) is 43.5 cm³/mol. The van der Waals surface area contributed by atoms with Gasteiger partial charge < -0.3 is 0 Å². The van der Waals surface area contributed by atoms with Crippen LogP contribution in [0.1, 0.15) is 33.6 Å². The molecule has 0 aromatic carbocycles. The van der Waals surface area contributed by atoms with Gasteiger partial charge in [-0.25, -0.2) is 0 Å². The van der Waals surface area contributed by atoms with Crippen LogP contribution in [0.15, 0.2) is 23.8 Å². The van der Waals surface area contributed by atoms with Crippen molar-refractivity contribution in [1.82, 2.24) is 0 Å².